The fraction of sp³-hybridized carbons (Fsp3) is 0.571. The molecule has 3 nitrogen and oxygen atoms in total. The van der Waals surface area contributed by atoms with E-state index >= 15 is 0 Å². The smallest absolute Gasteiger partial charge is 0.133 e. The van der Waals surface area contributed by atoms with Crippen LogP contribution in [0.3, 0.4) is 0 Å². The minimum absolute atomic E-state index is 0.655. The Hall–Kier alpha value is -0.290. The van der Waals surface area contributed by atoms with Crippen LogP contribution in [0.4, 0.5) is 0 Å². The van der Waals surface area contributed by atoms with Crippen LogP contribution in [0.2, 0.25) is 5.02 Å². The van der Waals surface area contributed by atoms with Crippen molar-refractivity contribution < 1.29 is 4.74 Å². The Morgan fingerprint density at radius 2 is 2.37 bits per heavy atom. The highest BCUT2D eigenvalue weighted by Gasteiger charge is 2.20. The Balaban J connectivity index is 1.81. The SMILES string of the molecule is CCN(CCOc1ccc(Cl)cc1Br)C1CCNC1. The molecule has 2 rings (SSSR count). The molecule has 106 valence electrons. The van der Waals surface area contributed by atoms with Gasteiger partial charge in [0.05, 0.1) is 4.47 Å². The van der Waals surface area contributed by atoms with Crippen LogP contribution in [-0.2, 0) is 0 Å². The highest BCUT2D eigenvalue weighted by Crippen LogP contribution is 2.27. The third-order valence-electron chi connectivity index (χ3n) is 3.49. The number of nitrogens with zero attached hydrogens (tertiary/aromatic N) is 1. The van der Waals surface area contributed by atoms with Crippen molar-refractivity contribution in [2.24, 2.45) is 0 Å². The lowest BCUT2D eigenvalue weighted by molar-refractivity contribution is 0.174. The van der Waals surface area contributed by atoms with Crippen LogP contribution >= 0.6 is 27.5 Å². The molecule has 1 saturated heterocycles. The summed E-state index contributed by atoms with van der Waals surface area (Å²) in [5, 5.41) is 4.12. The second-order valence-electron chi connectivity index (χ2n) is 4.70. The van der Waals surface area contributed by atoms with Gasteiger partial charge in [-0.1, -0.05) is 18.5 Å². The van der Waals surface area contributed by atoms with Gasteiger partial charge in [0, 0.05) is 24.2 Å². The molecule has 1 aliphatic rings. The van der Waals surface area contributed by atoms with Gasteiger partial charge in [0.25, 0.3) is 0 Å². The van der Waals surface area contributed by atoms with Crippen molar-refractivity contribution >= 4 is 27.5 Å². The highest BCUT2D eigenvalue weighted by molar-refractivity contribution is 9.10. The van der Waals surface area contributed by atoms with Crippen molar-refractivity contribution in [3.8, 4) is 5.75 Å². The summed E-state index contributed by atoms with van der Waals surface area (Å²) in [5.74, 6) is 0.852. The molecule has 5 heteroatoms. The van der Waals surface area contributed by atoms with Gasteiger partial charge < -0.3 is 10.1 Å². The summed E-state index contributed by atoms with van der Waals surface area (Å²) in [6, 6.07) is 6.26. The third-order valence-corrected chi connectivity index (χ3v) is 4.34. The van der Waals surface area contributed by atoms with Crippen LogP contribution in [-0.4, -0.2) is 43.7 Å². The molecule has 0 aromatic heterocycles. The average molecular weight is 348 g/mol. The van der Waals surface area contributed by atoms with Gasteiger partial charge in [-0.05, 0) is 53.6 Å². The van der Waals surface area contributed by atoms with E-state index in [2.05, 4.69) is 33.1 Å². The Morgan fingerprint density at radius 1 is 1.53 bits per heavy atom. The van der Waals surface area contributed by atoms with Crippen LogP contribution in [0, 0.1) is 0 Å². The highest BCUT2D eigenvalue weighted by atomic mass is 79.9. The van der Waals surface area contributed by atoms with Gasteiger partial charge in [-0.2, -0.15) is 0 Å². The zero-order valence-corrected chi connectivity index (χ0v) is 13.5. The summed E-state index contributed by atoms with van der Waals surface area (Å²) in [5.41, 5.74) is 0. The van der Waals surface area contributed by atoms with Crippen LogP contribution in [0.1, 0.15) is 13.3 Å². The lowest BCUT2D eigenvalue weighted by Crippen LogP contribution is -2.39. The van der Waals surface area contributed by atoms with Crippen molar-refractivity contribution in [1.29, 1.82) is 0 Å². The van der Waals surface area contributed by atoms with Gasteiger partial charge in [0.1, 0.15) is 12.4 Å². The number of hydrogen-bond acceptors (Lipinski definition) is 3. The Kier molecular flexibility index (Phi) is 5.95. The van der Waals surface area contributed by atoms with Crippen molar-refractivity contribution in [3.63, 3.8) is 0 Å². The summed E-state index contributed by atoms with van der Waals surface area (Å²) in [6.45, 7) is 7.15. The second kappa shape index (κ2) is 7.48. The van der Waals surface area contributed by atoms with Gasteiger partial charge in [0.2, 0.25) is 0 Å². The third kappa shape index (κ3) is 4.35. The number of ether oxygens (including phenoxy) is 1. The fourth-order valence-corrected chi connectivity index (χ4v) is 3.21. The molecular formula is C14H20BrClN2O. The molecule has 1 heterocycles. The number of nitrogens with one attached hydrogen (secondary N) is 1. The number of rotatable bonds is 6. The largest absolute Gasteiger partial charge is 0.491 e. The molecule has 0 aliphatic carbocycles. The van der Waals surface area contributed by atoms with E-state index in [1.54, 1.807) is 0 Å². The van der Waals surface area contributed by atoms with Crippen LogP contribution in [0.15, 0.2) is 22.7 Å². The summed E-state index contributed by atoms with van der Waals surface area (Å²) in [7, 11) is 0. The summed E-state index contributed by atoms with van der Waals surface area (Å²) < 4.78 is 6.72. The molecular weight excluding hydrogens is 328 g/mol. The molecule has 1 N–H and O–H groups in total. The average Bonchev–Trinajstić information content (AvgIpc) is 2.90. The lowest BCUT2D eigenvalue weighted by atomic mass is 10.2. The van der Waals surface area contributed by atoms with Gasteiger partial charge in [-0.3, -0.25) is 4.90 Å². The first-order valence-electron chi connectivity index (χ1n) is 6.73. The maximum atomic E-state index is 5.91. The summed E-state index contributed by atoms with van der Waals surface area (Å²) in [6.07, 6.45) is 1.23. The lowest BCUT2D eigenvalue weighted by Gasteiger charge is -2.26. The zero-order valence-electron chi connectivity index (χ0n) is 11.2. The van der Waals surface area contributed by atoms with Crippen molar-refractivity contribution in [1.82, 2.24) is 10.2 Å². The molecule has 1 fully saturated rings. The molecule has 1 aromatic rings. The molecule has 0 amide bonds. The van der Waals surface area contributed by atoms with E-state index in [9.17, 15) is 0 Å². The van der Waals surface area contributed by atoms with E-state index in [1.165, 1.54) is 6.42 Å². The quantitative estimate of drug-likeness (QED) is 0.855. The van der Waals surface area contributed by atoms with E-state index in [0.29, 0.717) is 17.7 Å². The molecule has 19 heavy (non-hydrogen) atoms. The maximum Gasteiger partial charge on any atom is 0.133 e. The number of hydrogen-bond donors (Lipinski definition) is 1. The van der Waals surface area contributed by atoms with E-state index in [-0.39, 0.29) is 0 Å². The summed E-state index contributed by atoms with van der Waals surface area (Å²) >= 11 is 9.37. The molecule has 1 aromatic carbocycles. The van der Waals surface area contributed by atoms with Crippen molar-refractivity contribution in [2.75, 3.05) is 32.8 Å². The van der Waals surface area contributed by atoms with Crippen LogP contribution < -0.4 is 10.1 Å². The van der Waals surface area contributed by atoms with E-state index in [0.717, 1.165) is 36.4 Å². The number of halogens is 2. The van der Waals surface area contributed by atoms with Crippen LogP contribution in [0.25, 0.3) is 0 Å². The minimum atomic E-state index is 0.655. The summed E-state index contributed by atoms with van der Waals surface area (Å²) in [4.78, 5) is 2.48. The molecule has 0 radical (unpaired) electrons. The second-order valence-corrected chi connectivity index (χ2v) is 5.99. The van der Waals surface area contributed by atoms with Gasteiger partial charge >= 0.3 is 0 Å². The normalized spacial score (nSPS) is 19.1. The first-order valence-corrected chi connectivity index (χ1v) is 7.90. The zero-order chi connectivity index (χ0) is 13.7. The topological polar surface area (TPSA) is 24.5 Å². The van der Waals surface area contributed by atoms with Gasteiger partial charge in [-0.15, -0.1) is 0 Å². The molecule has 1 aliphatic heterocycles. The van der Waals surface area contributed by atoms with Crippen LogP contribution in [0.5, 0.6) is 5.75 Å². The van der Waals surface area contributed by atoms with E-state index in [1.807, 2.05) is 18.2 Å². The first kappa shape index (κ1) is 15.1. The molecule has 0 saturated carbocycles. The monoisotopic (exact) mass is 346 g/mol. The predicted octanol–water partition coefficient (Wildman–Crippen LogP) is 3.17. The van der Waals surface area contributed by atoms with Gasteiger partial charge in [0.15, 0.2) is 0 Å². The molecule has 1 unspecified atom stereocenters. The van der Waals surface area contributed by atoms with Gasteiger partial charge in [-0.25, -0.2) is 0 Å². The Morgan fingerprint density at radius 3 is 3.00 bits per heavy atom. The Bertz CT molecular complexity index is 410. The molecule has 1 atom stereocenters. The maximum absolute atomic E-state index is 5.91. The predicted molar refractivity (Wildman–Crippen MR) is 83.2 cm³/mol. The molecule has 0 bridgehead atoms. The Labute approximate surface area is 128 Å². The first-order chi connectivity index (χ1) is 9.20. The fourth-order valence-electron chi connectivity index (χ4n) is 2.42. The van der Waals surface area contributed by atoms with Crippen molar-refractivity contribution in [3.05, 3.63) is 27.7 Å². The molecule has 0 spiro atoms. The van der Waals surface area contributed by atoms with Crippen molar-refractivity contribution in [2.45, 2.75) is 19.4 Å². The number of benzene rings is 1. The number of likely N-dealkylation sites (N-methyl/N-ethyl adjacent to an activating group) is 1. The standard InChI is InChI=1S/C14H20BrClN2O/c1-2-18(12-5-6-17-10-12)7-8-19-14-4-3-11(16)9-13(14)15/h3-4,9,12,17H,2,5-8,10H2,1H3. The van der Waals surface area contributed by atoms with E-state index < -0.39 is 0 Å². The van der Waals surface area contributed by atoms with E-state index in [4.69, 9.17) is 16.3 Å². The minimum Gasteiger partial charge on any atom is -0.491 e.